The van der Waals surface area contributed by atoms with Crippen LogP contribution in [0.1, 0.15) is 49.0 Å². The van der Waals surface area contributed by atoms with Crippen molar-refractivity contribution in [2.24, 2.45) is 5.92 Å². The number of rotatable bonds is 7. The molecule has 2 N–H and O–H groups in total. The van der Waals surface area contributed by atoms with Crippen LogP contribution in [0.15, 0.2) is 30.5 Å². The number of benzene rings is 1. The van der Waals surface area contributed by atoms with Gasteiger partial charge in [0, 0.05) is 24.2 Å². The number of nitrogens with zero attached hydrogens (tertiary/aromatic N) is 3. The number of carbonyl (C=O) groups excluding carboxylic acids is 1. The molecule has 2 amide bonds. The lowest BCUT2D eigenvalue weighted by molar-refractivity contribution is 0.186. The van der Waals surface area contributed by atoms with Gasteiger partial charge in [-0.2, -0.15) is 0 Å². The zero-order valence-corrected chi connectivity index (χ0v) is 18.2. The van der Waals surface area contributed by atoms with Crippen LogP contribution in [0.2, 0.25) is 5.02 Å². The van der Waals surface area contributed by atoms with Gasteiger partial charge in [0.1, 0.15) is 5.82 Å². The second kappa shape index (κ2) is 10.0. The predicted molar refractivity (Wildman–Crippen MR) is 116 cm³/mol. The second-order valence-electron chi connectivity index (χ2n) is 7.97. The van der Waals surface area contributed by atoms with E-state index in [4.69, 9.17) is 16.6 Å². The molecule has 156 valence electrons. The summed E-state index contributed by atoms with van der Waals surface area (Å²) in [4.78, 5) is 24.1. The van der Waals surface area contributed by atoms with Gasteiger partial charge in [-0.15, -0.1) is 0 Å². The van der Waals surface area contributed by atoms with Crippen LogP contribution in [-0.2, 0) is 19.4 Å². The molecule has 1 aromatic carbocycles. The van der Waals surface area contributed by atoms with Crippen LogP contribution >= 0.6 is 11.6 Å². The van der Waals surface area contributed by atoms with Gasteiger partial charge in [0.25, 0.3) is 0 Å². The third-order valence-electron chi connectivity index (χ3n) is 5.13. The number of hydrogen-bond donors (Lipinski definition) is 2. The molecule has 3 rings (SSSR count). The number of halogens is 1. The van der Waals surface area contributed by atoms with E-state index in [9.17, 15) is 4.79 Å². The molecule has 0 saturated carbocycles. The summed E-state index contributed by atoms with van der Waals surface area (Å²) < 4.78 is 0. The number of urea groups is 1. The molecule has 0 saturated heterocycles. The fourth-order valence-corrected chi connectivity index (χ4v) is 3.65. The van der Waals surface area contributed by atoms with E-state index in [1.807, 2.05) is 42.4 Å². The first-order chi connectivity index (χ1) is 14.0. The second-order valence-corrected chi connectivity index (χ2v) is 8.41. The Morgan fingerprint density at radius 3 is 2.72 bits per heavy atom. The van der Waals surface area contributed by atoms with Gasteiger partial charge in [0.15, 0.2) is 0 Å². The number of fused-ring (bicyclic) bond motifs is 1. The molecule has 1 aliphatic heterocycles. The largest absolute Gasteiger partial charge is 0.331 e. The molecule has 1 aromatic heterocycles. The van der Waals surface area contributed by atoms with E-state index in [2.05, 4.69) is 29.5 Å². The highest BCUT2D eigenvalue weighted by atomic mass is 35.5. The van der Waals surface area contributed by atoms with Crippen molar-refractivity contribution >= 4 is 17.6 Å². The highest BCUT2D eigenvalue weighted by molar-refractivity contribution is 6.30. The lowest BCUT2D eigenvalue weighted by atomic mass is 10.0. The minimum atomic E-state index is -0.0736. The Kier molecular flexibility index (Phi) is 7.45. The summed E-state index contributed by atoms with van der Waals surface area (Å²) in [6.45, 7) is 6.32. The molecular formula is C22H30ClN5O. The van der Waals surface area contributed by atoms with E-state index in [0.29, 0.717) is 24.0 Å². The summed E-state index contributed by atoms with van der Waals surface area (Å²) in [5.41, 5.74) is 3.17. The molecule has 7 heteroatoms. The van der Waals surface area contributed by atoms with E-state index in [-0.39, 0.29) is 12.1 Å². The van der Waals surface area contributed by atoms with E-state index < -0.39 is 0 Å². The predicted octanol–water partition coefficient (Wildman–Crippen LogP) is 3.75. The first kappa shape index (κ1) is 21.5. The zero-order chi connectivity index (χ0) is 20.8. The Morgan fingerprint density at radius 2 is 2.03 bits per heavy atom. The smallest absolute Gasteiger partial charge is 0.318 e. The summed E-state index contributed by atoms with van der Waals surface area (Å²) in [5.74, 6) is 1.36. The van der Waals surface area contributed by atoms with E-state index in [1.165, 1.54) is 0 Å². The van der Waals surface area contributed by atoms with E-state index >= 15 is 0 Å². The Morgan fingerprint density at radius 1 is 1.28 bits per heavy atom. The summed E-state index contributed by atoms with van der Waals surface area (Å²) in [7, 11) is 1.91. The number of carbonyl (C=O) groups is 1. The fraction of sp³-hybridized carbons (Fsp3) is 0.500. The standard InChI is InChI=1S/C22H30ClN5O/c1-15(2)12-21-25-13-17-9-11-28(14-20(17)26-21)22(29)27-19(8-10-24-3)16-4-6-18(23)7-5-16/h4-7,13,15,19,24H,8-12,14H2,1-3H3,(H,27,29). The number of hydrogen-bond acceptors (Lipinski definition) is 4. The van der Waals surface area contributed by atoms with Crippen LogP contribution in [0.4, 0.5) is 4.79 Å². The number of aromatic nitrogens is 2. The maximum atomic E-state index is 13.0. The van der Waals surface area contributed by atoms with Crippen LogP contribution in [-0.4, -0.2) is 41.0 Å². The quantitative estimate of drug-likeness (QED) is 0.722. The molecule has 2 aromatic rings. The third-order valence-corrected chi connectivity index (χ3v) is 5.38. The monoisotopic (exact) mass is 415 g/mol. The highest BCUT2D eigenvalue weighted by Gasteiger charge is 2.24. The molecule has 6 nitrogen and oxygen atoms in total. The van der Waals surface area contributed by atoms with Gasteiger partial charge >= 0.3 is 6.03 Å². The normalized spacial score (nSPS) is 14.6. The molecule has 1 atom stereocenters. The van der Waals surface area contributed by atoms with Crippen molar-refractivity contribution in [3.05, 3.63) is 58.1 Å². The molecule has 0 fully saturated rings. The van der Waals surface area contributed by atoms with Crippen molar-refractivity contribution in [3.63, 3.8) is 0 Å². The molecular weight excluding hydrogens is 386 g/mol. The summed E-state index contributed by atoms with van der Waals surface area (Å²) in [6.07, 6.45) is 4.36. The SMILES string of the molecule is CNCCC(NC(=O)N1CCc2cnc(CC(C)C)nc2C1)c1ccc(Cl)cc1. The minimum absolute atomic E-state index is 0.0595. The van der Waals surface area contributed by atoms with Gasteiger partial charge in [0.2, 0.25) is 0 Å². The van der Waals surface area contributed by atoms with Gasteiger partial charge in [-0.3, -0.25) is 0 Å². The molecule has 2 heterocycles. The molecule has 1 unspecified atom stereocenters. The zero-order valence-electron chi connectivity index (χ0n) is 17.4. The van der Waals surface area contributed by atoms with Crippen molar-refractivity contribution in [2.45, 2.75) is 45.7 Å². The topological polar surface area (TPSA) is 70.2 Å². The number of nitrogens with one attached hydrogen (secondary N) is 2. The number of amides is 2. The van der Waals surface area contributed by atoms with Gasteiger partial charge in [-0.25, -0.2) is 14.8 Å². The summed E-state index contributed by atoms with van der Waals surface area (Å²) in [5, 5.41) is 7.05. The van der Waals surface area contributed by atoms with Crippen molar-refractivity contribution in [3.8, 4) is 0 Å². The average Bonchev–Trinajstić information content (AvgIpc) is 2.70. The van der Waals surface area contributed by atoms with Gasteiger partial charge < -0.3 is 15.5 Å². The van der Waals surface area contributed by atoms with Gasteiger partial charge in [-0.05, 0) is 55.6 Å². The fourth-order valence-electron chi connectivity index (χ4n) is 3.53. The molecule has 1 aliphatic rings. The van der Waals surface area contributed by atoms with E-state index in [0.717, 1.165) is 48.5 Å². The minimum Gasteiger partial charge on any atom is -0.331 e. The Bertz CT molecular complexity index is 824. The van der Waals surface area contributed by atoms with Crippen LogP contribution < -0.4 is 10.6 Å². The summed E-state index contributed by atoms with van der Waals surface area (Å²) >= 11 is 6.02. The average molecular weight is 416 g/mol. The first-order valence-electron chi connectivity index (χ1n) is 10.3. The van der Waals surface area contributed by atoms with Crippen molar-refractivity contribution in [1.29, 1.82) is 0 Å². The highest BCUT2D eigenvalue weighted by Crippen LogP contribution is 2.22. The molecule has 0 aliphatic carbocycles. The molecule has 29 heavy (non-hydrogen) atoms. The van der Waals surface area contributed by atoms with Crippen LogP contribution in [0.3, 0.4) is 0 Å². The maximum Gasteiger partial charge on any atom is 0.318 e. The van der Waals surface area contributed by atoms with Crippen molar-refractivity contribution in [1.82, 2.24) is 25.5 Å². The maximum absolute atomic E-state index is 13.0. The first-order valence-corrected chi connectivity index (χ1v) is 10.6. The molecule has 0 bridgehead atoms. The van der Waals surface area contributed by atoms with Crippen LogP contribution in [0.5, 0.6) is 0 Å². The van der Waals surface area contributed by atoms with Gasteiger partial charge in [0.05, 0.1) is 18.3 Å². The van der Waals surface area contributed by atoms with E-state index in [1.54, 1.807) is 0 Å². The van der Waals surface area contributed by atoms with Crippen LogP contribution in [0.25, 0.3) is 0 Å². The Hall–Kier alpha value is -2.18. The molecule has 0 radical (unpaired) electrons. The lowest BCUT2D eigenvalue weighted by Gasteiger charge is -2.30. The van der Waals surface area contributed by atoms with Crippen LogP contribution in [0, 0.1) is 5.92 Å². The Labute approximate surface area is 178 Å². The lowest BCUT2D eigenvalue weighted by Crippen LogP contribution is -2.44. The van der Waals surface area contributed by atoms with Gasteiger partial charge in [-0.1, -0.05) is 37.6 Å². The van der Waals surface area contributed by atoms with Crippen molar-refractivity contribution < 1.29 is 4.79 Å². The Balaban J connectivity index is 1.69. The molecule has 0 spiro atoms. The summed E-state index contributed by atoms with van der Waals surface area (Å²) in [6, 6.07) is 7.53. The third kappa shape index (κ3) is 5.90. The van der Waals surface area contributed by atoms with Crippen molar-refractivity contribution in [2.75, 3.05) is 20.1 Å².